The Bertz CT molecular complexity index is 441. The summed E-state index contributed by atoms with van der Waals surface area (Å²) in [6.07, 6.45) is 3.44. The first kappa shape index (κ1) is 13.1. The molecule has 1 aliphatic carbocycles. The maximum atomic E-state index is 12.6. The Balaban J connectivity index is 2.12. The van der Waals surface area contributed by atoms with Gasteiger partial charge >= 0.3 is 0 Å². The molecule has 0 aromatic carbocycles. The summed E-state index contributed by atoms with van der Waals surface area (Å²) in [6, 6.07) is 6.31. The van der Waals surface area contributed by atoms with Crippen LogP contribution in [0.15, 0.2) is 17.5 Å². The lowest BCUT2D eigenvalue weighted by molar-refractivity contribution is -0.139. The lowest BCUT2D eigenvalue weighted by Gasteiger charge is -2.28. The van der Waals surface area contributed by atoms with Gasteiger partial charge in [-0.3, -0.25) is 4.79 Å². The van der Waals surface area contributed by atoms with Crippen LogP contribution >= 0.6 is 11.3 Å². The standard InChI is InChI=1S/C14H18N2OS/c1-2-16(10-12-6-5-9-18-12)13(17)14(11-15)7-3-4-8-14/h5-6,9H,2-4,7-8,10H2,1H3. The number of hydrogen-bond donors (Lipinski definition) is 0. The van der Waals surface area contributed by atoms with Crippen LogP contribution in [-0.4, -0.2) is 17.4 Å². The summed E-state index contributed by atoms with van der Waals surface area (Å²) in [5, 5.41) is 11.4. The third-order valence-electron chi connectivity index (χ3n) is 3.68. The van der Waals surface area contributed by atoms with Gasteiger partial charge in [-0.1, -0.05) is 18.9 Å². The topological polar surface area (TPSA) is 44.1 Å². The van der Waals surface area contributed by atoms with Gasteiger partial charge in [-0.05, 0) is 31.2 Å². The van der Waals surface area contributed by atoms with E-state index in [4.69, 9.17) is 0 Å². The van der Waals surface area contributed by atoms with Crippen molar-refractivity contribution in [3.63, 3.8) is 0 Å². The summed E-state index contributed by atoms with van der Waals surface area (Å²) in [6.45, 7) is 3.28. The number of rotatable bonds is 4. The van der Waals surface area contributed by atoms with Gasteiger partial charge < -0.3 is 4.90 Å². The third kappa shape index (κ3) is 2.41. The summed E-state index contributed by atoms with van der Waals surface area (Å²) in [4.78, 5) is 15.6. The van der Waals surface area contributed by atoms with Crippen LogP contribution in [0.2, 0.25) is 0 Å². The minimum Gasteiger partial charge on any atom is -0.336 e. The van der Waals surface area contributed by atoms with E-state index >= 15 is 0 Å². The van der Waals surface area contributed by atoms with Crippen molar-refractivity contribution in [2.24, 2.45) is 5.41 Å². The van der Waals surface area contributed by atoms with Crippen LogP contribution in [0, 0.1) is 16.7 Å². The number of carbonyl (C=O) groups excluding carboxylic acids is 1. The van der Waals surface area contributed by atoms with Crippen LogP contribution in [0.5, 0.6) is 0 Å². The van der Waals surface area contributed by atoms with Gasteiger partial charge in [0.15, 0.2) is 0 Å². The van der Waals surface area contributed by atoms with Gasteiger partial charge in [-0.2, -0.15) is 5.26 Å². The van der Waals surface area contributed by atoms with Crippen LogP contribution in [0.25, 0.3) is 0 Å². The van der Waals surface area contributed by atoms with Gasteiger partial charge in [0.05, 0.1) is 12.6 Å². The molecule has 3 nitrogen and oxygen atoms in total. The molecule has 1 saturated carbocycles. The highest BCUT2D eigenvalue weighted by atomic mass is 32.1. The van der Waals surface area contributed by atoms with Crippen molar-refractivity contribution in [2.45, 2.75) is 39.2 Å². The predicted octanol–water partition coefficient (Wildman–Crippen LogP) is 3.18. The third-order valence-corrected chi connectivity index (χ3v) is 4.54. The zero-order chi connectivity index (χ0) is 13.0. The Morgan fingerprint density at radius 1 is 1.56 bits per heavy atom. The molecule has 0 spiro atoms. The molecule has 0 unspecified atom stereocenters. The van der Waals surface area contributed by atoms with Crippen molar-refractivity contribution in [3.05, 3.63) is 22.4 Å². The van der Waals surface area contributed by atoms with E-state index in [1.165, 1.54) is 4.88 Å². The molecular weight excluding hydrogens is 244 g/mol. The zero-order valence-corrected chi connectivity index (χ0v) is 11.5. The molecule has 0 bridgehead atoms. The van der Waals surface area contributed by atoms with Crippen LogP contribution < -0.4 is 0 Å². The molecule has 4 heteroatoms. The molecule has 0 saturated heterocycles. The molecule has 0 aliphatic heterocycles. The number of thiophene rings is 1. The Morgan fingerprint density at radius 3 is 2.78 bits per heavy atom. The van der Waals surface area contributed by atoms with E-state index in [1.807, 2.05) is 29.3 Å². The molecule has 0 N–H and O–H groups in total. The monoisotopic (exact) mass is 262 g/mol. The molecule has 18 heavy (non-hydrogen) atoms. The maximum absolute atomic E-state index is 12.6. The first-order chi connectivity index (χ1) is 8.72. The molecule has 0 atom stereocenters. The fourth-order valence-corrected chi connectivity index (χ4v) is 3.29. The highest BCUT2D eigenvalue weighted by Crippen LogP contribution is 2.39. The molecule has 1 heterocycles. The lowest BCUT2D eigenvalue weighted by atomic mass is 9.86. The first-order valence-electron chi connectivity index (χ1n) is 6.45. The van der Waals surface area contributed by atoms with Crippen molar-refractivity contribution < 1.29 is 4.79 Å². The number of amides is 1. The van der Waals surface area contributed by atoms with E-state index in [1.54, 1.807) is 11.3 Å². The second-order valence-electron chi connectivity index (χ2n) is 4.80. The molecule has 1 aliphatic rings. The number of hydrogen-bond acceptors (Lipinski definition) is 3. The summed E-state index contributed by atoms with van der Waals surface area (Å²) < 4.78 is 0. The summed E-state index contributed by atoms with van der Waals surface area (Å²) >= 11 is 1.66. The van der Waals surface area contributed by atoms with Crippen LogP contribution in [0.1, 0.15) is 37.5 Å². The molecular formula is C14H18N2OS. The van der Waals surface area contributed by atoms with Crippen molar-refractivity contribution in [2.75, 3.05) is 6.54 Å². The summed E-state index contributed by atoms with van der Waals surface area (Å²) in [5.74, 6) is 0.0263. The molecule has 1 fully saturated rings. The minimum absolute atomic E-state index is 0.0263. The Hall–Kier alpha value is -1.34. The average Bonchev–Trinajstić information content (AvgIpc) is 3.06. The van der Waals surface area contributed by atoms with Gasteiger partial charge in [0.1, 0.15) is 5.41 Å². The molecule has 2 rings (SSSR count). The second-order valence-corrected chi connectivity index (χ2v) is 5.83. The fourth-order valence-electron chi connectivity index (χ4n) is 2.57. The van der Waals surface area contributed by atoms with E-state index in [0.29, 0.717) is 13.1 Å². The van der Waals surface area contributed by atoms with Crippen molar-refractivity contribution >= 4 is 17.2 Å². The Kier molecular flexibility index (Phi) is 4.03. The summed E-state index contributed by atoms with van der Waals surface area (Å²) in [5.41, 5.74) is -0.743. The van der Waals surface area contributed by atoms with E-state index < -0.39 is 5.41 Å². The van der Waals surface area contributed by atoms with E-state index in [9.17, 15) is 10.1 Å². The van der Waals surface area contributed by atoms with Crippen LogP contribution in [0.3, 0.4) is 0 Å². The molecule has 1 aromatic rings. The van der Waals surface area contributed by atoms with Crippen molar-refractivity contribution in [1.29, 1.82) is 5.26 Å². The normalized spacial score (nSPS) is 17.3. The number of nitrogens with zero attached hydrogens (tertiary/aromatic N) is 2. The zero-order valence-electron chi connectivity index (χ0n) is 10.7. The quantitative estimate of drug-likeness (QED) is 0.836. The smallest absolute Gasteiger partial charge is 0.243 e. The fraction of sp³-hybridized carbons (Fsp3) is 0.571. The molecule has 1 amide bonds. The van der Waals surface area contributed by atoms with Gasteiger partial charge in [-0.25, -0.2) is 0 Å². The average molecular weight is 262 g/mol. The first-order valence-corrected chi connectivity index (χ1v) is 7.33. The van der Waals surface area contributed by atoms with Crippen molar-refractivity contribution in [3.8, 4) is 6.07 Å². The largest absolute Gasteiger partial charge is 0.336 e. The maximum Gasteiger partial charge on any atom is 0.243 e. The van der Waals surface area contributed by atoms with E-state index in [0.717, 1.165) is 25.7 Å². The van der Waals surface area contributed by atoms with Crippen molar-refractivity contribution in [1.82, 2.24) is 4.90 Å². The summed E-state index contributed by atoms with van der Waals surface area (Å²) in [7, 11) is 0. The minimum atomic E-state index is -0.743. The SMILES string of the molecule is CCN(Cc1cccs1)C(=O)C1(C#N)CCCC1. The molecule has 0 radical (unpaired) electrons. The van der Waals surface area contributed by atoms with Crippen LogP contribution in [0.4, 0.5) is 0 Å². The molecule has 96 valence electrons. The highest BCUT2D eigenvalue weighted by molar-refractivity contribution is 7.09. The van der Waals surface area contributed by atoms with Gasteiger partial charge in [0, 0.05) is 11.4 Å². The van der Waals surface area contributed by atoms with Gasteiger partial charge in [0.25, 0.3) is 0 Å². The van der Waals surface area contributed by atoms with E-state index in [-0.39, 0.29) is 5.91 Å². The number of nitriles is 1. The Labute approximate surface area is 112 Å². The predicted molar refractivity (Wildman–Crippen MR) is 71.9 cm³/mol. The Morgan fingerprint density at radius 2 is 2.28 bits per heavy atom. The highest BCUT2D eigenvalue weighted by Gasteiger charge is 2.43. The van der Waals surface area contributed by atoms with Gasteiger partial charge in [0.2, 0.25) is 5.91 Å². The lowest BCUT2D eigenvalue weighted by Crippen LogP contribution is -2.41. The second kappa shape index (κ2) is 5.53. The molecule has 1 aromatic heterocycles. The van der Waals surface area contributed by atoms with E-state index in [2.05, 4.69) is 6.07 Å². The van der Waals surface area contributed by atoms with Crippen LogP contribution in [-0.2, 0) is 11.3 Å². The number of carbonyl (C=O) groups is 1. The van der Waals surface area contributed by atoms with Gasteiger partial charge in [-0.15, -0.1) is 11.3 Å².